The van der Waals surface area contributed by atoms with Crippen molar-refractivity contribution in [1.29, 1.82) is 0 Å². The number of fused-ring (bicyclic) bond motifs is 1. The van der Waals surface area contributed by atoms with Crippen LogP contribution in [-0.2, 0) is 18.0 Å². The van der Waals surface area contributed by atoms with Crippen molar-refractivity contribution in [3.63, 3.8) is 0 Å². The molecule has 0 spiro atoms. The van der Waals surface area contributed by atoms with Crippen LogP contribution >= 0.6 is 11.3 Å². The summed E-state index contributed by atoms with van der Waals surface area (Å²) in [6, 6.07) is 4.62. The maximum absolute atomic E-state index is 14.4. The van der Waals surface area contributed by atoms with Crippen LogP contribution in [0.4, 0.5) is 27.6 Å². The molecule has 0 saturated carbocycles. The minimum atomic E-state index is -4.44. The van der Waals surface area contributed by atoms with Gasteiger partial charge in [-0.2, -0.15) is 13.2 Å². The molecule has 0 radical (unpaired) electrons. The molecule has 28 heavy (non-hydrogen) atoms. The van der Waals surface area contributed by atoms with Gasteiger partial charge in [0.05, 0.1) is 16.0 Å². The lowest BCUT2D eigenvalue weighted by Gasteiger charge is -2.05. The van der Waals surface area contributed by atoms with E-state index in [-0.39, 0.29) is 16.1 Å². The SMILES string of the molecule is C=C(F)C(=O)Nc1cc(F)c2c(c1)c(C#Cc1ccc(C(F)(F)F)s1)cn2C. The van der Waals surface area contributed by atoms with Crippen LogP contribution in [0.2, 0.25) is 0 Å². The van der Waals surface area contributed by atoms with E-state index in [1.165, 1.54) is 22.9 Å². The molecule has 0 aliphatic rings. The number of thiophene rings is 1. The van der Waals surface area contributed by atoms with Gasteiger partial charge in [-0.05, 0) is 24.3 Å². The van der Waals surface area contributed by atoms with Crippen molar-refractivity contribution in [2.75, 3.05) is 5.32 Å². The van der Waals surface area contributed by atoms with Crippen LogP contribution in [0.3, 0.4) is 0 Å². The maximum atomic E-state index is 14.4. The Balaban J connectivity index is 2.02. The van der Waals surface area contributed by atoms with Crippen molar-refractivity contribution in [1.82, 2.24) is 4.57 Å². The quantitative estimate of drug-likeness (QED) is 0.351. The second kappa shape index (κ2) is 7.13. The fourth-order valence-corrected chi connectivity index (χ4v) is 3.27. The summed E-state index contributed by atoms with van der Waals surface area (Å²) in [6.07, 6.45) is -2.93. The first-order valence-electron chi connectivity index (χ1n) is 7.69. The highest BCUT2D eigenvalue weighted by Gasteiger charge is 2.32. The van der Waals surface area contributed by atoms with Gasteiger partial charge in [-0.3, -0.25) is 4.79 Å². The number of alkyl halides is 3. The van der Waals surface area contributed by atoms with E-state index in [4.69, 9.17) is 0 Å². The predicted molar refractivity (Wildman–Crippen MR) is 97.1 cm³/mol. The molecule has 0 saturated heterocycles. The molecule has 3 nitrogen and oxygen atoms in total. The van der Waals surface area contributed by atoms with Crippen LogP contribution in [0.25, 0.3) is 10.9 Å². The van der Waals surface area contributed by atoms with Crippen molar-refractivity contribution in [2.45, 2.75) is 6.18 Å². The van der Waals surface area contributed by atoms with Crippen molar-refractivity contribution >= 4 is 33.8 Å². The van der Waals surface area contributed by atoms with Gasteiger partial charge in [-0.1, -0.05) is 18.4 Å². The van der Waals surface area contributed by atoms with Crippen LogP contribution in [0.15, 0.2) is 42.9 Å². The van der Waals surface area contributed by atoms with Gasteiger partial charge in [0.15, 0.2) is 5.83 Å². The summed E-state index contributed by atoms with van der Waals surface area (Å²) in [5.41, 5.74) is 0.524. The van der Waals surface area contributed by atoms with Gasteiger partial charge in [-0.15, -0.1) is 11.3 Å². The number of hydrogen-bond donors (Lipinski definition) is 1. The van der Waals surface area contributed by atoms with Crippen LogP contribution in [0, 0.1) is 17.7 Å². The molecule has 0 bridgehead atoms. The van der Waals surface area contributed by atoms with Gasteiger partial charge in [-0.25, -0.2) is 8.78 Å². The number of rotatable bonds is 2. The number of aryl methyl sites for hydroxylation is 1. The largest absolute Gasteiger partial charge is 0.425 e. The standard InChI is InChI=1S/C19H11F5N2OS/c1-10(20)18(27)25-12-7-14-11(9-26(2)17(14)15(21)8-12)3-4-13-5-6-16(28-13)19(22,23)24/h5-9H,1H2,2H3,(H,25,27). The van der Waals surface area contributed by atoms with Gasteiger partial charge in [0.25, 0.3) is 5.91 Å². The first kappa shape index (κ1) is 19.6. The summed E-state index contributed by atoms with van der Waals surface area (Å²) < 4.78 is 66.8. The number of anilines is 1. The average Bonchev–Trinajstić information content (AvgIpc) is 3.17. The van der Waals surface area contributed by atoms with Crippen LogP contribution in [0.5, 0.6) is 0 Å². The van der Waals surface area contributed by atoms with Crippen molar-refractivity contribution in [2.24, 2.45) is 7.05 Å². The fraction of sp³-hybridized carbons (Fsp3) is 0.105. The van der Waals surface area contributed by atoms with E-state index >= 15 is 0 Å². The molecule has 0 unspecified atom stereocenters. The van der Waals surface area contributed by atoms with Crippen LogP contribution in [-0.4, -0.2) is 10.5 Å². The zero-order chi connectivity index (χ0) is 20.6. The Bertz CT molecular complexity index is 1160. The van der Waals surface area contributed by atoms with Crippen molar-refractivity contribution in [3.05, 3.63) is 64.0 Å². The summed E-state index contributed by atoms with van der Waals surface area (Å²) in [6.45, 7) is 2.86. The van der Waals surface area contributed by atoms with Crippen LogP contribution in [0.1, 0.15) is 15.3 Å². The predicted octanol–water partition coefficient (Wildman–Crippen LogP) is 5.22. The Hall–Kier alpha value is -3.12. The van der Waals surface area contributed by atoms with E-state index in [1.54, 1.807) is 7.05 Å². The molecule has 0 aliphatic carbocycles. The molecule has 2 heterocycles. The fourth-order valence-electron chi connectivity index (χ4n) is 2.55. The van der Waals surface area contributed by atoms with Gasteiger partial charge in [0.1, 0.15) is 10.7 Å². The topological polar surface area (TPSA) is 34.0 Å². The molecule has 9 heteroatoms. The molecule has 0 aliphatic heterocycles. The molecule has 3 rings (SSSR count). The number of carbonyl (C=O) groups is 1. The first-order chi connectivity index (χ1) is 13.1. The van der Waals surface area contributed by atoms with E-state index in [0.29, 0.717) is 22.3 Å². The van der Waals surface area contributed by atoms with Gasteiger partial charge in [0, 0.05) is 24.3 Å². The van der Waals surface area contributed by atoms with E-state index in [9.17, 15) is 26.7 Å². The number of aromatic nitrogens is 1. The lowest BCUT2D eigenvalue weighted by molar-refractivity contribution is -0.134. The van der Waals surface area contributed by atoms with Gasteiger partial charge >= 0.3 is 6.18 Å². The minimum absolute atomic E-state index is 0.00136. The Labute approximate surface area is 160 Å². The lowest BCUT2D eigenvalue weighted by atomic mass is 10.1. The van der Waals surface area contributed by atoms with Crippen molar-refractivity contribution in [3.8, 4) is 11.8 Å². The number of hydrogen-bond acceptors (Lipinski definition) is 2. The first-order valence-corrected chi connectivity index (χ1v) is 8.51. The number of halogens is 5. The highest BCUT2D eigenvalue weighted by Crippen LogP contribution is 2.34. The van der Waals surface area contributed by atoms with Gasteiger partial charge in [0.2, 0.25) is 0 Å². The molecule has 144 valence electrons. The Kier molecular flexibility index (Phi) is 5.00. The molecule has 1 aromatic carbocycles. The summed E-state index contributed by atoms with van der Waals surface area (Å²) in [4.78, 5) is 10.8. The molecule has 0 fully saturated rings. The molecule has 2 aromatic heterocycles. The number of nitrogens with one attached hydrogen (secondary N) is 1. The monoisotopic (exact) mass is 410 g/mol. The van der Waals surface area contributed by atoms with E-state index in [0.717, 1.165) is 12.1 Å². The normalized spacial score (nSPS) is 11.2. The summed E-state index contributed by atoms with van der Waals surface area (Å²) >= 11 is 0.501. The molecule has 1 N–H and O–H groups in total. The Morgan fingerprint density at radius 3 is 2.57 bits per heavy atom. The number of carbonyl (C=O) groups excluding carboxylic acids is 1. The van der Waals surface area contributed by atoms with Crippen LogP contribution < -0.4 is 5.32 Å². The number of amides is 1. The maximum Gasteiger partial charge on any atom is 0.425 e. The zero-order valence-corrected chi connectivity index (χ0v) is 15.1. The molecule has 1 amide bonds. The highest BCUT2D eigenvalue weighted by molar-refractivity contribution is 7.12. The van der Waals surface area contributed by atoms with E-state index < -0.39 is 28.6 Å². The third kappa shape index (κ3) is 3.92. The summed E-state index contributed by atoms with van der Waals surface area (Å²) in [7, 11) is 1.57. The molecular weight excluding hydrogens is 399 g/mol. The summed E-state index contributed by atoms with van der Waals surface area (Å²) in [5.74, 6) is 2.33. The second-order valence-electron chi connectivity index (χ2n) is 5.78. The lowest BCUT2D eigenvalue weighted by Crippen LogP contribution is -2.11. The third-order valence-corrected chi connectivity index (χ3v) is 4.78. The minimum Gasteiger partial charge on any atom is -0.347 e. The Morgan fingerprint density at radius 1 is 1.25 bits per heavy atom. The second-order valence-corrected chi connectivity index (χ2v) is 6.86. The zero-order valence-electron chi connectivity index (χ0n) is 14.2. The van der Waals surface area contributed by atoms with Gasteiger partial charge < -0.3 is 9.88 Å². The summed E-state index contributed by atoms with van der Waals surface area (Å²) in [5, 5.41) is 2.49. The van der Waals surface area contributed by atoms with E-state index in [2.05, 4.69) is 23.7 Å². The third-order valence-electron chi connectivity index (χ3n) is 3.74. The Morgan fingerprint density at radius 2 is 1.96 bits per heavy atom. The molecular formula is C19H11F5N2OS. The molecule has 0 atom stereocenters. The number of benzene rings is 1. The molecule has 3 aromatic rings. The highest BCUT2D eigenvalue weighted by atomic mass is 32.1. The smallest absolute Gasteiger partial charge is 0.347 e. The average molecular weight is 410 g/mol. The van der Waals surface area contributed by atoms with Crippen molar-refractivity contribution < 1.29 is 26.7 Å². The van der Waals surface area contributed by atoms with E-state index in [1.807, 2.05) is 0 Å². The number of nitrogens with zero attached hydrogens (tertiary/aromatic N) is 1.